The molecule has 0 aliphatic rings. The van der Waals surface area contributed by atoms with E-state index in [-0.39, 0.29) is 12.0 Å². The number of esters is 1. The second kappa shape index (κ2) is 5.14. The van der Waals surface area contributed by atoms with Crippen LogP contribution in [0.3, 0.4) is 0 Å². The first-order valence-corrected chi connectivity index (χ1v) is 5.98. The van der Waals surface area contributed by atoms with Crippen LogP contribution in [0.5, 0.6) is 0 Å². The maximum absolute atomic E-state index is 11.6. The molecule has 100 valence electrons. The van der Waals surface area contributed by atoms with Crippen LogP contribution in [0.1, 0.15) is 35.8 Å². The van der Waals surface area contributed by atoms with Gasteiger partial charge in [-0.05, 0) is 32.0 Å². The lowest BCUT2D eigenvalue weighted by Gasteiger charge is -2.09. The van der Waals surface area contributed by atoms with Crippen molar-refractivity contribution in [3.05, 3.63) is 35.5 Å². The highest BCUT2D eigenvalue weighted by atomic mass is 16.5. The summed E-state index contributed by atoms with van der Waals surface area (Å²) in [7, 11) is 1.35. The second-order valence-corrected chi connectivity index (χ2v) is 4.55. The number of rotatable bonds is 3. The summed E-state index contributed by atoms with van der Waals surface area (Å²) in [5, 5.41) is 12.6. The normalized spacial score (nSPS) is 11.6. The van der Waals surface area contributed by atoms with E-state index < -0.39 is 0 Å². The van der Waals surface area contributed by atoms with Crippen molar-refractivity contribution in [2.24, 2.45) is 5.16 Å². The van der Waals surface area contributed by atoms with Crippen LogP contribution in [-0.2, 0) is 4.74 Å². The Kier molecular flexibility index (Phi) is 3.55. The summed E-state index contributed by atoms with van der Waals surface area (Å²) in [6, 6.07) is 5.62. The number of oxime groups is 1. The predicted molar refractivity (Wildman–Crippen MR) is 73.0 cm³/mol. The number of hydrogen-bond donors (Lipinski definition) is 1. The van der Waals surface area contributed by atoms with E-state index in [1.807, 2.05) is 12.3 Å². The summed E-state index contributed by atoms with van der Waals surface area (Å²) in [5.41, 5.74) is 2.22. The SMILES string of the molecule is COC(=O)c1ccc2c(c1)c(C=NO)cn2C(C)C. The maximum Gasteiger partial charge on any atom is 0.337 e. The van der Waals surface area contributed by atoms with E-state index in [1.165, 1.54) is 13.3 Å². The van der Waals surface area contributed by atoms with Crippen LogP contribution in [-0.4, -0.2) is 29.1 Å². The third-order valence-corrected chi connectivity index (χ3v) is 3.04. The van der Waals surface area contributed by atoms with Crippen molar-refractivity contribution in [2.75, 3.05) is 7.11 Å². The van der Waals surface area contributed by atoms with Crippen LogP contribution < -0.4 is 0 Å². The smallest absolute Gasteiger partial charge is 0.337 e. The topological polar surface area (TPSA) is 63.8 Å². The zero-order valence-corrected chi connectivity index (χ0v) is 11.1. The van der Waals surface area contributed by atoms with E-state index >= 15 is 0 Å². The Labute approximate surface area is 111 Å². The van der Waals surface area contributed by atoms with Gasteiger partial charge in [-0.15, -0.1) is 0 Å². The standard InChI is InChI=1S/C14H16N2O3/c1-9(2)16-8-11(7-15-18)12-6-10(14(17)19-3)4-5-13(12)16/h4-9,18H,1-3H3. The van der Waals surface area contributed by atoms with Gasteiger partial charge < -0.3 is 14.5 Å². The zero-order chi connectivity index (χ0) is 14.0. The van der Waals surface area contributed by atoms with Crippen molar-refractivity contribution in [3.63, 3.8) is 0 Å². The lowest BCUT2D eigenvalue weighted by atomic mass is 10.1. The number of nitrogens with zero attached hydrogens (tertiary/aromatic N) is 2. The van der Waals surface area contributed by atoms with Crippen LogP contribution in [0.4, 0.5) is 0 Å². The Morgan fingerprint density at radius 1 is 1.47 bits per heavy atom. The van der Waals surface area contributed by atoms with Crippen molar-refractivity contribution in [1.82, 2.24) is 4.57 Å². The molecule has 0 saturated carbocycles. The summed E-state index contributed by atoms with van der Waals surface area (Å²) < 4.78 is 6.77. The van der Waals surface area contributed by atoms with Crippen molar-refractivity contribution in [3.8, 4) is 0 Å². The number of fused-ring (bicyclic) bond motifs is 1. The van der Waals surface area contributed by atoms with Gasteiger partial charge in [-0.2, -0.15) is 0 Å². The molecule has 0 aliphatic heterocycles. The van der Waals surface area contributed by atoms with Crippen LogP contribution >= 0.6 is 0 Å². The Balaban J connectivity index is 2.69. The molecule has 0 unspecified atom stereocenters. The molecule has 0 aliphatic carbocycles. The van der Waals surface area contributed by atoms with Crippen LogP contribution in [0.25, 0.3) is 10.9 Å². The fraction of sp³-hybridized carbons (Fsp3) is 0.286. The Morgan fingerprint density at radius 2 is 2.21 bits per heavy atom. The number of carbonyl (C=O) groups excluding carboxylic acids is 1. The van der Waals surface area contributed by atoms with Crippen LogP contribution in [0.15, 0.2) is 29.6 Å². The fourth-order valence-electron chi connectivity index (χ4n) is 2.12. The highest BCUT2D eigenvalue weighted by Gasteiger charge is 2.13. The molecular weight excluding hydrogens is 244 g/mol. The number of carbonyl (C=O) groups is 1. The number of aromatic nitrogens is 1. The molecule has 19 heavy (non-hydrogen) atoms. The fourth-order valence-corrected chi connectivity index (χ4v) is 2.12. The molecule has 0 bridgehead atoms. The molecule has 5 nitrogen and oxygen atoms in total. The van der Waals surface area contributed by atoms with E-state index in [0.717, 1.165) is 16.5 Å². The Morgan fingerprint density at radius 3 is 2.79 bits per heavy atom. The lowest BCUT2D eigenvalue weighted by Crippen LogP contribution is -2.01. The number of hydrogen-bond acceptors (Lipinski definition) is 4. The van der Waals surface area contributed by atoms with Crippen molar-refractivity contribution < 1.29 is 14.7 Å². The number of benzene rings is 1. The van der Waals surface area contributed by atoms with E-state index in [2.05, 4.69) is 23.6 Å². The molecule has 0 amide bonds. The van der Waals surface area contributed by atoms with Crippen molar-refractivity contribution in [1.29, 1.82) is 0 Å². The largest absolute Gasteiger partial charge is 0.465 e. The summed E-state index contributed by atoms with van der Waals surface area (Å²) >= 11 is 0. The lowest BCUT2D eigenvalue weighted by molar-refractivity contribution is 0.0601. The molecule has 0 radical (unpaired) electrons. The molecule has 1 N–H and O–H groups in total. The molecule has 1 heterocycles. The monoisotopic (exact) mass is 260 g/mol. The molecule has 0 fully saturated rings. The molecule has 1 aromatic carbocycles. The maximum atomic E-state index is 11.6. The first-order valence-electron chi connectivity index (χ1n) is 5.98. The third kappa shape index (κ3) is 2.31. The average molecular weight is 260 g/mol. The molecule has 0 spiro atoms. The van der Waals surface area contributed by atoms with Gasteiger partial charge in [0.05, 0.1) is 18.9 Å². The summed E-state index contributed by atoms with van der Waals surface area (Å²) in [6.45, 7) is 4.13. The van der Waals surface area contributed by atoms with Crippen LogP contribution in [0, 0.1) is 0 Å². The molecule has 2 rings (SSSR count). The van der Waals surface area contributed by atoms with Gasteiger partial charge in [-0.25, -0.2) is 4.79 Å². The molecule has 2 aromatic rings. The van der Waals surface area contributed by atoms with Crippen LogP contribution in [0.2, 0.25) is 0 Å². The Hall–Kier alpha value is -2.30. The first-order chi connectivity index (χ1) is 9.08. The first kappa shape index (κ1) is 13.1. The van der Waals surface area contributed by atoms with Gasteiger partial charge in [-0.3, -0.25) is 0 Å². The molecule has 5 heteroatoms. The summed E-state index contributed by atoms with van der Waals surface area (Å²) in [5.74, 6) is -0.383. The van der Waals surface area contributed by atoms with Gasteiger partial charge in [0.2, 0.25) is 0 Å². The quantitative estimate of drug-likeness (QED) is 0.399. The van der Waals surface area contributed by atoms with Gasteiger partial charge in [0, 0.05) is 28.7 Å². The highest BCUT2D eigenvalue weighted by Crippen LogP contribution is 2.25. The minimum absolute atomic E-state index is 0.271. The van der Waals surface area contributed by atoms with Gasteiger partial charge in [-0.1, -0.05) is 5.16 Å². The molecule has 1 aromatic heterocycles. The van der Waals surface area contributed by atoms with Gasteiger partial charge in [0.1, 0.15) is 0 Å². The van der Waals surface area contributed by atoms with E-state index in [1.54, 1.807) is 12.1 Å². The van der Waals surface area contributed by atoms with Crippen molar-refractivity contribution >= 4 is 23.1 Å². The minimum atomic E-state index is -0.383. The molecular formula is C14H16N2O3. The summed E-state index contributed by atoms with van der Waals surface area (Å²) in [6.07, 6.45) is 3.26. The number of ether oxygens (including phenoxy) is 1. The predicted octanol–water partition coefficient (Wildman–Crippen LogP) is 2.82. The van der Waals surface area contributed by atoms with Gasteiger partial charge in [0.15, 0.2) is 0 Å². The highest BCUT2D eigenvalue weighted by molar-refractivity contribution is 6.02. The summed E-state index contributed by atoms with van der Waals surface area (Å²) in [4.78, 5) is 11.6. The average Bonchev–Trinajstić information content (AvgIpc) is 2.77. The number of methoxy groups -OCH3 is 1. The van der Waals surface area contributed by atoms with Crippen molar-refractivity contribution in [2.45, 2.75) is 19.9 Å². The van der Waals surface area contributed by atoms with Gasteiger partial charge in [0.25, 0.3) is 0 Å². The minimum Gasteiger partial charge on any atom is -0.465 e. The van der Waals surface area contributed by atoms with E-state index in [9.17, 15) is 4.79 Å². The molecule has 0 saturated heterocycles. The zero-order valence-electron chi connectivity index (χ0n) is 11.1. The molecule has 0 atom stereocenters. The second-order valence-electron chi connectivity index (χ2n) is 4.55. The third-order valence-electron chi connectivity index (χ3n) is 3.04. The Bertz CT molecular complexity index is 641. The van der Waals surface area contributed by atoms with E-state index in [0.29, 0.717) is 5.56 Å². The van der Waals surface area contributed by atoms with E-state index in [4.69, 9.17) is 9.94 Å². The van der Waals surface area contributed by atoms with Gasteiger partial charge >= 0.3 is 5.97 Å².